The average molecular weight is 227 g/mol. The summed E-state index contributed by atoms with van der Waals surface area (Å²) in [7, 11) is 0. The fourth-order valence-corrected chi connectivity index (χ4v) is 1.11. The van der Waals surface area contributed by atoms with E-state index in [1.165, 1.54) is 12.1 Å². The lowest BCUT2D eigenvalue weighted by Gasteiger charge is -2.06. The summed E-state index contributed by atoms with van der Waals surface area (Å²) in [5.41, 5.74) is 5.50. The molecule has 0 saturated carbocycles. The fraction of sp³-hybridized carbons (Fsp3) is 0.364. The molecule has 0 aliphatic heterocycles. The van der Waals surface area contributed by atoms with Crippen molar-refractivity contribution in [1.29, 1.82) is 0 Å². The topological polar surface area (TPSA) is 61.5 Å². The van der Waals surface area contributed by atoms with E-state index in [9.17, 15) is 9.18 Å². The van der Waals surface area contributed by atoms with Gasteiger partial charge in [0.15, 0.2) is 0 Å². The highest BCUT2D eigenvalue weighted by Crippen LogP contribution is 2.12. The third-order valence-corrected chi connectivity index (χ3v) is 1.88. The molecule has 1 rings (SSSR count). The maximum atomic E-state index is 13.3. The SMILES string of the molecule is CCOCCOC(=O)c1ccc(N)cc1F. The van der Waals surface area contributed by atoms with Crippen molar-refractivity contribution in [2.24, 2.45) is 0 Å². The number of anilines is 1. The van der Waals surface area contributed by atoms with Gasteiger partial charge in [-0.15, -0.1) is 0 Å². The van der Waals surface area contributed by atoms with E-state index >= 15 is 0 Å². The van der Waals surface area contributed by atoms with Crippen LogP contribution in [0.15, 0.2) is 18.2 Å². The molecule has 0 heterocycles. The molecule has 1 aromatic carbocycles. The monoisotopic (exact) mass is 227 g/mol. The molecule has 0 aliphatic carbocycles. The molecule has 0 aliphatic rings. The molecule has 0 spiro atoms. The molecule has 0 saturated heterocycles. The van der Waals surface area contributed by atoms with Crippen LogP contribution in [0.4, 0.5) is 10.1 Å². The molecule has 0 fully saturated rings. The van der Waals surface area contributed by atoms with Crippen molar-refractivity contribution < 1.29 is 18.7 Å². The molecule has 1 aromatic rings. The largest absolute Gasteiger partial charge is 0.460 e. The van der Waals surface area contributed by atoms with Crippen LogP contribution < -0.4 is 5.73 Å². The Hall–Kier alpha value is -1.62. The molecule has 0 aromatic heterocycles. The van der Waals surface area contributed by atoms with Crippen LogP contribution in [0.2, 0.25) is 0 Å². The number of hydrogen-bond donors (Lipinski definition) is 1. The van der Waals surface area contributed by atoms with E-state index in [2.05, 4.69) is 0 Å². The van der Waals surface area contributed by atoms with Gasteiger partial charge in [0.1, 0.15) is 12.4 Å². The molecule has 0 radical (unpaired) electrons. The Kier molecular flexibility index (Phi) is 4.72. The Morgan fingerprint density at radius 3 is 2.81 bits per heavy atom. The van der Waals surface area contributed by atoms with Gasteiger partial charge in [0.2, 0.25) is 0 Å². The first-order valence-corrected chi connectivity index (χ1v) is 4.95. The van der Waals surface area contributed by atoms with Crippen LogP contribution in [0.25, 0.3) is 0 Å². The van der Waals surface area contributed by atoms with E-state index in [1.54, 1.807) is 0 Å². The summed E-state index contributed by atoms with van der Waals surface area (Å²) in [6.45, 7) is 2.80. The Morgan fingerprint density at radius 1 is 1.44 bits per heavy atom. The number of nitrogens with two attached hydrogens (primary N) is 1. The van der Waals surface area contributed by atoms with Gasteiger partial charge in [-0.1, -0.05) is 0 Å². The second kappa shape index (κ2) is 6.07. The van der Waals surface area contributed by atoms with E-state index in [-0.39, 0.29) is 17.9 Å². The standard InChI is InChI=1S/C11H14FNO3/c1-2-15-5-6-16-11(14)9-4-3-8(13)7-10(9)12/h3-4,7H,2,5-6,13H2,1H3. The smallest absolute Gasteiger partial charge is 0.341 e. The van der Waals surface area contributed by atoms with Crippen LogP contribution in [0.3, 0.4) is 0 Å². The van der Waals surface area contributed by atoms with Crippen molar-refractivity contribution in [2.45, 2.75) is 6.92 Å². The van der Waals surface area contributed by atoms with Gasteiger partial charge in [-0.2, -0.15) is 0 Å². The number of carbonyl (C=O) groups is 1. The summed E-state index contributed by atoms with van der Waals surface area (Å²) in [6.07, 6.45) is 0. The van der Waals surface area contributed by atoms with Gasteiger partial charge < -0.3 is 15.2 Å². The van der Waals surface area contributed by atoms with Crippen molar-refractivity contribution in [2.75, 3.05) is 25.6 Å². The highest BCUT2D eigenvalue weighted by atomic mass is 19.1. The quantitative estimate of drug-likeness (QED) is 0.471. The number of esters is 1. The minimum absolute atomic E-state index is 0.108. The molecule has 4 nitrogen and oxygen atoms in total. The van der Waals surface area contributed by atoms with Crippen molar-refractivity contribution in [3.8, 4) is 0 Å². The molecule has 88 valence electrons. The number of carbonyl (C=O) groups excluding carboxylic acids is 1. The van der Waals surface area contributed by atoms with E-state index in [0.717, 1.165) is 6.07 Å². The highest BCUT2D eigenvalue weighted by molar-refractivity contribution is 5.90. The minimum atomic E-state index is -0.711. The molecule has 0 amide bonds. The fourth-order valence-electron chi connectivity index (χ4n) is 1.11. The van der Waals surface area contributed by atoms with Crippen LogP contribution in [-0.2, 0) is 9.47 Å². The van der Waals surface area contributed by atoms with Crippen LogP contribution >= 0.6 is 0 Å². The average Bonchev–Trinajstić information content (AvgIpc) is 2.24. The van der Waals surface area contributed by atoms with Gasteiger partial charge in [-0.3, -0.25) is 0 Å². The van der Waals surface area contributed by atoms with Crippen molar-refractivity contribution >= 4 is 11.7 Å². The summed E-state index contributed by atoms with van der Waals surface area (Å²) >= 11 is 0. The van der Waals surface area contributed by atoms with Gasteiger partial charge in [-0.05, 0) is 25.1 Å². The zero-order valence-electron chi connectivity index (χ0n) is 9.03. The number of benzene rings is 1. The third-order valence-electron chi connectivity index (χ3n) is 1.88. The van der Waals surface area contributed by atoms with Crippen molar-refractivity contribution in [3.63, 3.8) is 0 Å². The Labute approximate surface area is 93.2 Å². The lowest BCUT2D eigenvalue weighted by Crippen LogP contribution is -2.12. The minimum Gasteiger partial charge on any atom is -0.460 e. The van der Waals surface area contributed by atoms with Crippen LogP contribution in [0, 0.1) is 5.82 Å². The molecular formula is C11H14FNO3. The molecule has 2 N–H and O–H groups in total. The van der Waals surface area contributed by atoms with Gasteiger partial charge in [0.05, 0.1) is 12.2 Å². The Balaban J connectivity index is 2.53. The van der Waals surface area contributed by atoms with E-state index in [0.29, 0.717) is 13.2 Å². The van der Waals surface area contributed by atoms with Gasteiger partial charge >= 0.3 is 5.97 Å². The Bertz CT molecular complexity index is 368. The van der Waals surface area contributed by atoms with E-state index < -0.39 is 11.8 Å². The lowest BCUT2D eigenvalue weighted by atomic mass is 10.2. The zero-order chi connectivity index (χ0) is 12.0. The second-order valence-electron chi connectivity index (χ2n) is 3.07. The maximum Gasteiger partial charge on any atom is 0.341 e. The van der Waals surface area contributed by atoms with Crippen LogP contribution in [-0.4, -0.2) is 25.8 Å². The van der Waals surface area contributed by atoms with E-state index in [1.807, 2.05) is 6.92 Å². The first kappa shape index (κ1) is 12.4. The molecule has 0 bridgehead atoms. The maximum absolute atomic E-state index is 13.3. The lowest BCUT2D eigenvalue weighted by molar-refractivity contribution is 0.0331. The number of hydrogen-bond acceptors (Lipinski definition) is 4. The van der Waals surface area contributed by atoms with Crippen molar-refractivity contribution in [1.82, 2.24) is 0 Å². The first-order valence-electron chi connectivity index (χ1n) is 4.95. The van der Waals surface area contributed by atoms with Crippen LogP contribution in [0.1, 0.15) is 17.3 Å². The summed E-state index contributed by atoms with van der Waals surface area (Å²) in [4.78, 5) is 11.4. The zero-order valence-corrected chi connectivity index (χ0v) is 9.03. The predicted molar refractivity (Wildman–Crippen MR) is 57.6 cm³/mol. The summed E-state index contributed by atoms with van der Waals surface area (Å²) < 4.78 is 23.0. The summed E-state index contributed by atoms with van der Waals surface area (Å²) in [5.74, 6) is -1.39. The van der Waals surface area contributed by atoms with Crippen molar-refractivity contribution in [3.05, 3.63) is 29.6 Å². The molecule has 5 heteroatoms. The molecule has 16 heavy (non-hydrogen) atoms. The molecule has 0 atom stereocenters. The van der Waals surface area contributed by atoms with E-state index in [4.69, 9.17) is 15.2 Å². The number of nitrogen functional groups attached to an aromatic ring is 1. The molecular weight excluding hydrogens is 213 g/mol. The van der Waals surface area contributed by atoms with Gasteiger partial charge in [0, 0.05) is 12.3 Å². The summed E-state index contributed by atoms with van der Waals surface area (Å²) in [6, 6.07) is 3.83. The summed E-state index contributed by atoms with van der Waals surface area (Å²) in [5, 5.41) is 0. The van der Waals surface area contributed by atoms with Gasteiger partial charge in [-0.25, -0.2) is 9.18 Å². The number of ether oxygens (including phenoxy) is 2. The predicted octanol–water partition coefficient (Wildman–Crippen LogP) is 1.60. The first-order chi connectivity index (χ1) is 7.65. The highest BCUT2D eigenvalue weighted by Gasteiger charge is 2.12. The number of halogens is 1. The second-order valence-corrected chi connectivity index (χ2v) is 3.07. The molecule has 0 unspecified atom stereocenters. The third kappa shape index (κ3) is 3.51. The normalized spacial score (nSPS) is 10.1. The number of rotatable bonds is 5. The van der Waals surface area contributed by atoms with Crippen LogP contribution in [0.5, 0.6) is 0 Å². The Morgan fingerprint density at radius 2 is 2.19 bits per heavy atom. The van der Waals surface area contributed by atoms with Gasteiger partial charge in [0.25, 0.3) is 0 Å².